The molecule has 1 aromatic rings. The largest absolute Gasteiger partial charge is 0.463 e. The lowest BCUT2D eigenvalue weighted by Gasteiger charge is -2.11. The SMILES string of the molecule is CCOC(=O)C(CC)ON=Cc1cccc(C(F)(F)F)c1. The molecule has 0 amide bonds. The maximum Gasteiger partial charge on any atom is 0.416 e. The van der Waals surface area contributed by atoms with Gasteiger partial charge in [-0.2, -0.15) is 13.2 Å². The number of hydrogen-bond acceptors (Lipinski definition) is 4. The summed E-state index contributed by atoms with van der Waals surface area (Å²) in [6.45, 7) is 3.59. The van der Waals surface area contributed by atoms with Crippen molar-refractivity contribution in [2.75, 3.05) is 6.61 Å². The van der Waals surface area contributed by atoms with Gasteiger partial charge in [0.15, 0.2) is 0 Å². The number of esters is 1. The number of ether oxygens (including phenoxy) is 1. The van der Waals surface area contributed by atoms with E-state index in [9.17, 15) is 18.0 Å². The molecule has 0 aliphatic heterocycles. The highest BCUT2D eigenvalue weighted by Crippen LogP contribution is 2.29. The highest BCUT2D eigenvalue weighted by molar-refractivity contribution is 5.79. The second-order valence-corrected chi connectivity index (χ2v) is 4.11. The van der Waals surface area contributed by atoms with E-state index < -0.39 is 23.8 Å². The number of halogens is 3. The van der Waals surface area contributed by atoms with Crippen LogP contribution >= 0.6 is 0 Å². The smallest absolute Gasteiger partial charge is 0.416 e. The monoisotopic (exact) mass is 303 g/mol. The zero-order valence-electron chi connectivity index (χ0n) is 11.7. The summed E-state index contributed by atoms with van der Waals surface area (Å²) in [7, 11) is 0. The van der Waals surface area contributed by atoms with Crippen LogP contribution in [0.3, 0.4) is 0 Å². The molecule has 1 atom stereocenters. The predicted molar refractivity (Wildman–Crippen MR) is 70.8 cm³/mol. The van der Waals surface area contributed by atoms with Crippen LogP contribution in [0.2, 0.25) is 0 Å². The zero-order valence-corrected chi connectivity index (χ0v) is 11.7. The Kier molecular flexibility index (Phi) is 6.20. The van der Waals surface area contributed by atoms with Crippen molar-refractivity contribution in [3.05, 3.63) is 35.4 Å². The number of nitrogens with zero attached hydrogens (tertiary/aromatic N) is 1. The topological polar surface area (TPSA) is 47.9 Å². The molecule has 0 saturated heterocycles. The molecule has 0 aliphatic carbocycles. The van der Waals surface area contributed by atoms with Crippen LogP contribution in [0.4, 0.5) is 13.2 Å². The van der Waals surface area contributed by atoms with E-state index in [1.165, 1.54) is 12.1 Å². The van der Waals surface area contributed by atoms with E-state index >= 15 is 0 Å². The van der Waals surface area contributed by atoms with Gasteiger partial charge in [0.2, 0.25) is 6.10 Å². The molecule has 0 aromatic heterocycles. The maximum atomic E-state index is 12.5. The van der Waals surface area contributed by atoms with Gasteiger partial charge in [-0.3, -0.25) is 0 Å². The minimum Gasteiger partial charge on any atom is -0.463 e. The van der Waals surface area contributed by atoms with E-state index in [4.69, 9.17) is 9.57 Å². The van der Waals surface area contributed by atoms with E-state index in [-0.39, 0.29) is 12.2 Å². The number of benzene rings is 1. The molecule has 0 fully saturated rings. The Labute approximate surface area is 120 Å². The fourth-order valence-corrected chi connectivity index (χ4v) is 1.48. The molecule has 116 valence electrons. The van der Waals surface area contributed by atoms with Crippen LogP contribution in [0.15, 0.2) is 29.4 Å². The Morgan fingerprint density at radius 2 is 2.10 bits per heavy atom. The summed E-state index contributed by atoms with van der Waals surface area (Å²) in [5.41, 5.74) is -0.549. The van der Waals surface area contributed by atoms with Crippen LogP contribution in [-0.2, 0) is 20.5 Å². The number of rotatable bonds is 6. The fraction of sp³-hybridized carbons (Fsp3) is 0.429. The Hall–Kier alpha value is -2.05. The van der Waals surface area contributed by atoms with Crippen LogP contribution in [0.5, 0.6) is 0 Å². The van der Waals surface area contributed by atoms with Crippen molar-refractivity contribution in [1.82, 2.24) is 0 Å². The molecule has 0 heterocycles. The number of oxime groups is 1. The molecule has 4 nitrogen and oxygen atoms in total. The van der Waals surface area contributed by atoms with Gasteiger partial charge in [-0.15, -0.1) is 0 Å². The third kappa shape index (κ3) is 5.45. The zero-order chi connectivity index (χ0) is 15.9. The van der Waals surface area contributed by atoms with Crippen LogP contribution in [-0.4, -0.2) is 24.9 Å². The van der Waals surface area contributed by atoms with Crippen LogP contribution < -0.4 is 0 Å². The first-order valence-corrected chi connectivity index (χ1v) is 6.41. The minimum atomic E-state index is -4.42. The molecule has 0 aliphatic rings. The summed E-state index contributed by atoms with van der Waals surface area (Å²) in [5, 5.41) is 3.55. The number of carbonyl (C=O) groups is 1. The number of carbonyl (C=O) groups excluding carboxylic acids is 1. The summed E-state index contributed by atoms with van der Waals surface area (Å²) in [4.78, 5) is 16.4. The molecule has 0 saturated carbocycles. The standard InChI is InChI=1S/C14H16F3NO3/c1-3-12(13(19)20-4-2)21-18-9-10-6-5-7-11(8-10)14(15,16)17/h5-9,12H,3-4H2,1-2H3. The molecule has 1 rings (SSSR count). The average molecular weight is 303 g/mol. The third-order valence-electron chi connectivity index (χ3n) is 2.52. The van der Waals surface area contributed by atoms with E-state index in [2.05, 4.69) is 5.16 Å². The Bertz CT molecular complexity index is 500. The highest BCUT2D eigenvalue weighted by Gasteiger charge is 2.30. The van der Waals surface area contributed by atoms with Crippen molar-refractivity contribution in [3.8, 4) is 0 Å². The van der Waals surface area contributed by atoms with E-state index in [0.717, 1.165) is 18.3 Å². The van der Waals surface area contributed by atoms with Crippen molar-refractivity contribution in [2.24, 2.45) is 5.16 Å². The summed E-state index contributed by atoms with van der Waals surface area (Å²) >= 11 is 0. The first-order chi connectivity index (χ1) is 9.88. The van der Waals surface area contributed by atoms with Gasteiger partial charge in [-0.25, -0.2) is 4.79 Å². The fourth-order valence-electron chi connectivity index (χ4n) is 1.48. The second-order valence-electron chi connectivity index (χ2n) is 4.11. The van der Waals surface area contributed by atoms with Gasteiger partial charge in [0, 0.05) is 0 Å². The van der Waals surface area contributed by atoms with Gasteiger partial charge in [0.1, 0.15) is 0 Å². The average Bonchev–Trinajstić information content (AvgIpc) is 2.43. The van der Waals surface area contributed by atoms with E-state index in [1.54, 1.807) is 13.8 Å². The van der Waals surface area contributed by atoms with Crippen molar-refractivity contribution < 1.29 is 27.5 Å². The molecular formula is C14H16F3NO3. The van der Waals surface area contributed by atoms with Gasteiger partial charge in [0.05, 0.1) is 18.4 Å². The van der Waals surface area contributed by atoms with Gasteiger partial charge in [-0.1, -0.05) is 24.2 Å². The molecule has 1 unspecified atom stereocenters. The summed E-state index contributed by atoms with van der Waals surface area (Å²) < 4.78 is 42.4. The predicted octanol–water partition coefficient (Wildman–Crippen LogP) is 3.40. The second kappa shape index (κ2) is 7.66. The molecule has 0 radical (unpaired) electrons. The molecular weight excluding hydrogens is 287 g/mol. The molecule has 0 N–H and O–H groups in total. The lowest BCUT2D eigenvalue weighted by Crippen LogP contribution is -2.24. The Balaban J connectivity index is 2.70. The van der Waals surface area contributed by atoms with E-state index in [1.807, 2.05) is 0 Å². The van der Waals surface area contributed by atoms with Gasteiger partial charge in [0.25, 0.3) is 0 Å². The lowest BCUT2D eigenvalue weighted by atomic mass is 10.1. The molecule has 7 heteroatoms. The quantitative estimate of drug-likeness (QED) is 0.460. The minimum absolute atomic E-state index is 0.218. The van der Waals surface area contributed by atoms with Gasteiger partial charge >= 0.3 is 12.1 Å². The van der Waals surface area contributed by atoms with Gasteiger partial charge < -0.3 is 9.57 Å². The third-order valence-corrected chi connectivity index (χ3v) is 2.52. The lowest BCUT2D eigenvalue weighted by molar-refractivity contribution is -0.156. The van der Waals surface area contributed by atoms with Gasteiger partial charge in [-0.05, 0) is 31.0 Å². The molecule has 0 spiro atoms. The van der Waals surface area contributed by atoms with Crippen LogP contribution in [0.25, 0.3) is 0 Å². The molecule has 1 aromatic carbocycles. The molecule has 0 bridgehead atoms. The normalized spacial score (nSPS) is 13.2. The highest BCUT2D eigenvalue weighted by atomic mass is 19.4. The van der Waals surface area contributed by atoms with Crippen LogP contribution in [0, 0.1) is 0 Å². The van der Waals surface area contributed by atoms with Crippen molar-refractivity contribution >= 4 is 12.2 Å². The van der Waals surface area contributed by atoms with E-state index in [0.29, 0.717) is 6.42 Å². The van der Waals surface area contributed by atoms with Crippen LogP contribution in [0.1, 0.15) is 31.4 Å². The molecule has 21 heavy (non-hydrogen) atoms. The summed E-state index contributed by atoms with van der Waals surface area (Å²) in [6, 6.07) is 4.63. The first kappa shape index (κ1) is 17.0. The Morgan fingerprint density at radius 3 is 2.67 bits per heavy atom. The van der Waals surface area contributed by atoms with Crippen molar-refractivity contribution in [1.29, 1.82) is 0 Å². The van der Waals surface area contributed by atoms with Crippen molar-refractivity contribution in [2.45, 2.75) is 32.5 Å². The number of hydrogen-bond donors (Lipinski definition) is 0. The maximum absolute atomic E-state index is 12.5. The summed E-state index contributed by atoms with van der Waals surface area (Å²) in [6.07, 6.45) is -3.82. The summed E-state index contributed by atoms with van der Waals surface area (Å²) in [5.74, 6) is -0.554. The van der Waals surface area contributed by atoms with Crippen molar-refractivity contribution in [3.63, 3.8) is 0 Å². The Morgan fingerprint density at radius 1 is 1.38 bits per heavy atom. The number of alkyl halides is 3. The first-order valence-electron chi connectivity index (χ1n) is 6.41.